The van der Waals surface area contributed by atoms with Gasteiger partial charge in [-0.1, -0.05) is 19.3 Å². The Balaban J connectivity index is 1.61. The Morgan fingerprint density at radius 3 is 2.77 bits per heavy atom. The van der Waals surface area contributed by atoms with Gasteiger partial charge in [0.15, 0.2) is 0 Å². The Labute approximate surface area is 131 Å². The zero-order chi connectivity index (χ0) is 15.3. The molecule has 1 saturated carbocycles. The summed E-state index contributed by atoms with van der Waals surface area (Å²) < 4.78 is 5.46. The number of H-pyrrole nitrogens is 1. The molecule has 1 aromatic heterocycles. The molecule has 6 heteroatoms. The lowest BCUT2D eigenvalue weighted by molar-refractivity contribution is -0.140. The molecular weight excluding hydrogens is 280 g/mol. The Morgan fingerprint density at radius 2 is 2.09 bits per heavy atom. The lowest BCUT2D eigenvalue weighted by Gasteiger charge is -2.46. The second-order valence-corrected chi connectivity index (χ2v) is 6.30. The van der Waals surface area contributed by atoms with Gasteiger partial charge >= 0.3 is 0 Å². The number of aromatic nitrogens is 2. The van der Waals surface area contributed by atoms with Crippen molar-refractivity contribution in [1.82, 2.24) is 20.4 Å². The van der Waals surface area contributed by atoms with Gasteiger partial charge in [-0.3, -0.25) is 14.8 Å². The number of hydrogen-bond acceptors (Lipinski definition) is 4. The Bertz CT molecular complexity index is 463. The van der Waals surface area contributed by atoms with Gasteiger partial charge in [0.05, 0.1) is 19.4 Å². The van der Waals surface area contributed by atoms with E-state index in [0.717, 1.165) is 64.0 Å². The van der Waals surface area contributed by atoms with E-state index < -0.39 is 0 Å². The smallest absolute Gasteiger partial charge is 0.240 e. The maximum Gasteiger partial charge on any atom is 0.240 e. The van der Waals surface area contributed by atoms with Crippen molar-refractivity contribution in [1.29, 1.82) is 0 Å². The van der Waals surface area contributed by atoms with E-state index in [1.54, 1.807) is 0 Å². The van der Waals surface area contributed by atoms with Crippen LogP contribution in [0.1, 0.15) is 37.7 Å². The lowest BCUT2D eigenvalue weighted by atomic mass is 9.79. The topological polar surface area (TPSA) is 70.2 Å². The third kappa shape index (κ3) is 3.33. The van der Waals surface area contributed by atoms with E-state index in [9.17, 15) is 4.79 Å². The maximum absolute atomic E-state index is 12.9. The molecule has 1 saturated heterocycles. The molecule has 0 aromatic carbocycles. The second kappa shape index (κ2) is 7.24. The molecule has 1 aliphatic carbocycles. The molecule has 122 valence electrons. The fourth-order valence-electron chi connectivity index (χ4n) is 3.71. The Hall–Kier alpha value is -1.40. The SMILES string of the molecule is O=C(NCCc1cn[nH]c1)C1(N2CCOCC2)CCCCC1. The van der Waals surface area contributed by atoms with Crippen LogP contribution in [0.3, 0.4) is 0 Å². The van der Waals surface area contributed by atoms with Crippen molar-refractivity contribution < 1.29 is 9.53 Å². The summed E-state index contributed by atoms with van der Waals surface area (Å²) in [4.78, 5) is 15.3. The molecule has 0 radical (unpaired) electrons. The van der Waals surface area contributed by atoms with Crippen LogP contribution in [0.4, 0.5) is 0 Å². The summed E-state index contributed by atoms with van der Waals surface area (Å²) in [5.41, 5.74) is 0.822. The molecule has 2 heterocycles. The van der Waals surface area contributed by atoms with E-state index in [4.69, 9.17) is 4.74 Å². The van der Waals surface area contributed by atoms with Crippen LogP contribution >= 0.6 is 0 Å². The van der Waals surface area contributed by atoms with Crippen LogP contribution in [-0.4, -0.2) is 59.4 Å². The molecule has 2 aliphatic rings. The number of morpholine rings is 1. The van der Waals surface area contributed by atoms with Crippen LogP contribution in [0.15, 0.2) is 12.4 Å². The minimum atomic E-state index is -0.307. The highest BCUT2D eigenvalue weighted by atomic mass is 16.5. The molecule has 2 fully saturated rings. The molecule has 0 bridgehead atoms. The summed E-state index contributed by atoms with van der Waals surface area (Å²) in [6.07, 6.45) is 10.00. The molecule has 1 amide bonds. The van der Waals surface area contributed by atoms with Crippen molar-refractivity contribution in [3.05, 3.63) is 18.0 Å². The van der Waals surface area contributed by atoms with Crippen LogP contribution in [0.5, 0.6) is 0 Å². The summed E-state index contributed by atoms with van der Waals surface area (Å²) in [6.45, 7) is 3.89. The minimum Gasteiger partial charge on any atom is -0.379 e. The number of hydrogen-bond donors (Lipinski definition) is 2. The van der Waals surface area contributed by atoms with Crippen molar-refractivity contribution in [3.8, 4) is 0 Å². The van der Waals surface area contributed by atoms with Crippen LogP contribution in [-0.2, 0) is 16.0 Å². The van der Waals surface area contributed by atoms with E-state index in [0.29, 0.717) is 6.54 Å². The minimum absolute atomic E-state index is 0.206. The third-order valence-corrected chi connectivity index (χ3v) is 4.97. The number of rotatable bonds is 5. The number of carbonyl (C=O) groups is 1. The van der Waals surface area contributed by atoms with Crippen LogP contribution < -0.4 is 5.32 Å². The molecule has 1 aromatic rings. The number of amides is 1. The zero-order valence-corrected chi connectivity index (χ0v) is 13.1. The van der Waals surface area contributed by atoms with Gasteiger partial charge in [-0.15, -0.1) is 0 Å². The number of ether oxygens (including phenoxy) is 1. The average molecular weight is 306 g/mol. The van der Waals surface area contributed by atoms with Crippen LogP contribution in [0.2, 0.25) is 0 Å². The van der Waals surface area contributed by atoms with Crippen molar-refractivity contribution in [2.45, 2.75) is 44.1 Å². The number of carbonyl (C=O) groups excluding carboxylic acids is 1. The van der Waals surface area contributed by atoms with Gasteiger partial charge < -0.3 is 10.1 Å². The van der Waals surface area contributed by atoms with E-state index in [1.807, 2.05) is 12.4 Å². The summed E-state index contributed by atoms with van der Waals surface area (Å²) in [5, 5.41) is 9.91. The molecular formula is C16H26N4O2. The first-order chi connectivity index (χ1) is 10.8. The maximum atomic E-state index is 12.9. The highest BCUT2D eigenvalue weighted by molar-refractivity contribution is 5.86. The molecule has 6 nitrogen and oxygen atoms in total. The highest BCUT2D eigenvalue weighted by Crippen LogP contribution is 2.34. The lowest BCUT2D eigenvalue weighted by Crippen LogP contribution is -2.62. The van der Waals surface area contributed by atoms with Crippen LogP contribution in [0, 0.1) is 0 Å². The summed E-state index contributed by atoms with van der Waals surface area (Å²) in [5.74, 6) is 0.206. The van der Waals surface area contributed by atoms with Gasteiger partial charge in [0, 0.05) is 25.8 Å². The van der Waals surface area contributed by atoms with Gasteiger partial charge in [-0.2, -0.15) is 5.10 Å². The summed E-state index contributed by atoms with van der Waals surface area (Å²) in [7, 11) is 0. The Kier molecular flexibility index (Phi) is 5.10. The fourth-order valence-corrected chi connectivity index (χ4v) is 3.71. The number of nitrogens with one attached hydrogen (secondary N) is 2. The van der Waals surface area contributed by atoms with Gasteiger partial charge in [0.1, 0.15) is 5.54 Å². The molecule has 0 unspecified atom stereocenters. The van der Waals surface area contributed by atoms with Gasteiger partial charge in [0.2, 0.25) is 5.91 Å². The summed E-state index contributed by atoms with van der Waals surface area (Å²) in [6, 6.07) is 0. The molecule has 3 rings (SSSR count). The molecule has 0 spiro atoms. The normalized spacial score (nSPS) is 22.4. The van der Waals surface area contributed by atoms with E-state index in [2.05, 4.69) is 20.4 Å². The average Bonchev–Trinajstić information content (AvgIpc) is 3.09. The first-order valence-electron chi connectivity index (χ1n) is 8.40. The third-order valence-electron chi connectivity index (χ3n) is 4.97. The number of aromatic amines is 1. The molecule has 1 aliphatic heterocycles. The van der Waals surface area contributed by atoms with Crippen molar-refractivity contribution in [3.63, 3.8) is 0 Å². The molecule has 0 atom stereocenters. The summed E-state index contributed by atoms with van der Waals surface area (Å²) >= 11 is 0. The largest absolute Gasteiger partial charge is 0.379 e. The zero-order valence-electron chi connectivity index (χ0n) is 13.1. The Morgan fingerprint density at radius 1 is 1.32 bits per heavy atom. The molecule has 22 heavy (non-hydrogen) atoms. The predicted octanol–water partition coefficient (Wildman–Crippen LogP) is 1.10. The second-order valence-electron chi connectivity index (χ2n) is 6.30. The predicted molar refractivity (Wildman–Crippen MR) is 83.5 cm³/mol. The standard InChI is InChI=1S/C16H26N4O2/c21-15(17-7-4-14-12-18-19-13-14)16(5-2-1-3-6-16)20-8-10-22-11-9-20/h12-13H,1-11H2,(H,17,21)(H,18,19). The van der Waals surface area contributed by atoms with Gasteiger partial charge in [-0.05, 0) is 24.8 Å². The van der Waals surface area contributed by atoms with E-state index >= 15 is 0 Å². The first kappa shape index (κ1) is 15.5. The quantitative estimate of drug-likeness (QED) is 0.855. The van der Waals surface area contributed by atoms with Gasteiger partial charge in [-0.25, -0.2) is 0 Å². The van der Waals surface area contributed by atoms with E-state index in [1.165, 1.54) is 6.42 Å². The van der Waals surface area contributed by atoms with Crippen molar-refractivity contribution >= 4 is 5.91 Å². The highest BCUT2D eigenvalue weighted by Gasteiger charge is 2.44. The monoisotopic (exact) mass is 306 g/mol. The van der Waals surface area contributed by atoms with Gasteiger partial charge in [0.25, 0.3) is 0 Å². The molecule has 2 N–H and O–H groups in total. The van der Waals surface area contributed by atoms with E-state index in [-0.39, 0.29) is 11.4 Å². The number of nitrogens with zero attached hydrogens (tertiary/aromatic N) is 2. The fraction of sp³-hybridized carbons (Fsp3) is 0.750. The van der Waals surface area contributed by atoms with Crippen LogP contribution in [0.25, 0.3) is 0 Å². The van der Waals surface area contributed by atoms with Crippen molar-refractivity contribution in [2.75, 3.05) is 32.8 Å². The first-order valence-corrected chi connectivity index (χ1v) is 8.40. The van der Waals surface area contributed by atoms with Crippen molar-refractivity contribution in [2.24, 2.45) is 0 Å².